The molecule has 432 valence electrons. The Labute approximate surface area is 473 Å². The Hall–Kier alpha value is -4.97. The van der Waals surface area contributed by atoms with Crippen LogP contribution in [-0.4, -0.2) is 37.2 Å². The van der Waals surface area contributed by atoms with Gasteiger partial charge in [0.1, 0.15) is 13.2 Å². The molecule has 1 atom stereocenters. The van der Waals surface area contributed by atoms with Gasteiger partial charge in [-0.15, -0.1) is 0 Å². The van der Waals surface area contributed by atoms with Crippen LogP contribution in [0.5, 0.6) is 0 Å². The molecule has 6 nitrogen and oxygen atoms in total. The summed E-state index contributed by atoms with van der Waals surface area (Å²) in [6.07, 6.45) is 92.3. The van der Waals surface area contributed by atoms with Crippen LogP contribution in [0.2, 0.25) is 0 Å². The number of unbranched alkanes of at least 4 members (excludes halogenated alkanes) is 17. The summed E-state index contributed by atoms with van der Waals surface area (Å²) in [5.41, 5.74) is 0. The van der Waals surface area contributed by atoms with Gasteiger partial charge in [-0.05, 0) is 141 Å². The lowest BCUT2D eigenvalue weighted by molar-refractivity contribution is -0.167. The molecule has 0 aliphatic carbocycles. The largest absolute Gasteiger partial charge is 0.462 e. The van der Waals surface area contributed by atoms with E-state index in [2.05, 4.69) is 179 Å². The van der Waals surface area contributed by atoms with Crippen LogP contribution in [0, 0.1) is 0 Å². The molecule has 0 N–H and O–H groups in total. The van der Waals surface area contributed by atoms with Gasteiger partial charge >= 0.3 is 17.9 Å². The van der Waals surface area contributed by atoms with E-state index in [0.29, 0.717) is 19.3 Å². The fourth-order valence-corrected chi connectivity index (χ4v) is 7.98. The van der Waals surface area contributed by atoms with Crippen LogP contribution >= 0.6 is 0 Å². The quantitative estimate of drug-likeness (QED) is 0.0261. The third-order valence-corrected chi connectivity index (χ3v) is 12.5. The molecule has 6 heteroatoms. The van der Waals surface area contributed by atoms with Crippen LogP contribution in [0.3, 0.4) is 0 Å². The Kier molecular flexibility index (Phi) is 59.5. The maximum atomic E-state index is 12.9. The normalized spacial score (nSPS) is 13.2. The number of carbonyl (C=O) groups is 3. The van der Waals surface area contributed by atoms with E-state index in [1.54, 1.807) is 0 Å². The van der Waals surface area contributed by atoms with Crippen LogP contribution < -0.4 is 0 Å². The molecule has 0 aromatic heterocycles. The molecule has 1 unspecified atom stereocenters. The Morgan fingerprint density at radius 2 is 0.468 bits per heavy atom. The first-order valence-electron chi connectivity index (χ1n) is 31.0. The molecule has 0 bridgehead atoms. The first-order chi connectivity index (χ1) is 38.0. The molecule has 0 rings (SSSR count). The van der Waals surface area contributed by atoms with E-state index in [0.717, 1.165) is 180 Å². The zero-order valence-electron chi connectivity index (χ0n) is 49.4. The molecule has 0 heterocycles. The van der Waals surface area contributed by atoms with E-state index in [4.69, 9.17) is 14.2 Å². The molecule has 0 aromatic carbocycles. The zero-order chi connectivity index (χ0) is 55.7. The Morgan fingerprint density at radius 3 is 0.727 bits per heavy atom. The minimum atomic E-state index is -0.810. The predicted molar refractivity (Wildman–Crippen MR) is 334 cm³/mol. The van der Waals surface area contributed by atoms with Crippen molar-refractivity contribution in [3.05, 3.63) is 158 Å². The zero-order valence-corrected chi connectivity index (χ0v) is 49.4. The summed E-state index contributed by atoms with van der Waals surface area (Å²) in [5.74, 6) is -0.958. The summed E-state index contributed by atoms with van der Waals surface area (Å²) < 4.78 is 16.9. The molecule has 0 amide bonds. The third-order valence-electron chi connectivity index (χ3n) is 12.5. The van der Waals surface area contributed by atoms with E-state index >= 15 is 0 Å². The van der Waals surface area contributed by atoms with Crippen LogP contribution in [-0.2, 0) is 28.6 Å². The summed E-state index contributed by atoms with van der Waals surface area (Å²) in [4.78, 5) is 38.3. The van der Waals surface area contributed by atoms with Gasteiger partial charge in [0, 0.05) is 19.3 Å². The van der Waals surface area contributed by atoms with Gasteiger partial charge in [-0.2, -0.15) is 0 Å². The maximum Gasteiger partial charge on any atom is 0.306 e. The number of hydrogen-bond donors (Lipinski definition) is 0. The summed E-state index contributed by atoms with van der Waals surface area (Å²) in [6.45, 7) is 6.25. The maximum absolute atomic E-state index is 12.9. The minimum Gasteiger partial charge on any atom is -0.462 e. The summed E-state index contributed by atoms with van der Waals surface area (Å²) in [7, 11) is 0. The Bertz CT molecular complexity index is 1740. The number of esters is 3. The molecule has 77 heavy (non-hydrogen) atoms. The molecule has 0 saturated heterocycles. The number of allylic oxidation sites excluding steroid dienone is 26. The summed E-state index contributed by atoms with van der Waals surface area (Å²) in [5, 5.41) is 0. The number of hydrogen-bond acceptors (Lipinski definition) is 6. The third kappa shape index (κ3) is 61.8. The van der Waals surface area contributed by atoms with Crippen molar-refractivity contribution in [2.45, 2.75) is 258 Å². The van der Waals surface area contributed by atoms with Crippen molar-refractivity contribution >= 4 is 17.9 Å². The highest BCUT2D eigenvalue weighted by Crippen LogP contribution is 2.14. The van der Waals surface area contributed by atoms with Gasteiger partial charge in [-0.3, -0.25) is 14.4 Å². The molecule has 0 saturated carbocycles. The first kappa shape index (κ1) is 72.0. The van der Waals surface area contributed by atoms with E-state index < -0.39 is 6.10 Å². The van der Waals surface area contributed by atoms with Gasteiger partial charge < -0.3 is 14.2 Å². The van der Waals surface area contributed by atoms with Crippen molar-refractivity contribution < 1.29 is 28.6 Å². The van der Waals surface area contributed by atoms with E-state index in [1.165, 1.54) is 32.1 Å². The Balaban J connectivity index is 4.49. The predicted octanol–water partition coefficient (Wildman–Crippen LogP) is 21.3. The van der Waals surface area contributed by atoms with Gasteiger partial charge in [-0.25, -0.2) is 0 Å². The minimum absolute atomic E-state index is 0.105. The van der Waals surface area contributed by atoms with Crippen LogP contribution in [0.15, 0.2) is 158 Å². The topological polar surface area (TPSA) is 78.9 Å². The van der Waals surface area contributed by atoms with E-state index in [9.17, 15) is 14.4 Å². The van der Waals surface area contributed by atoms with Gasteiger partial charge in [0.2, 0.25) is 0 Å². The van der Waals surface area contributed by atoms with Crippen LogP contribution in [0.25, 0.3) is 0 Å². The number of ether oxygens (including phenoxy) is 3. The fourth-order valence-electron chi connectivity index (χ4n) is 7.98. The second kappa shape index (κ2) is 63.6. The second-order valence-corrected chi connectivity index (χ2v) is 19.8. The SMILES string of the molecule is CC/C=C\C/C=C\C/C=C\C/C=C\C/C=C\C/C=C\CCCCCCC(=O)OCC(COC(=O)CCCCCCC/C=C\C/C=C\C/C=C\CC)OC(=O)CCCCCCCCCC/C=C\C/C=C\C/C=C\C/C=C\CC. The van der Waals surface area contributed by atoms with Crippen molar-refractivity contribution in [3.8, 4) is 0 Å². The highest BCUT2D eigenvalue weighted by molar-refractivity contribution is 5.71. The van der Waals surface area contributed by atoms with Crippen LogP contribution in [0.4, 0.5) is 0 Å². The van der Waals surface area contributed by atoms with Gasteiger partial charge in [0.15, 0.2) is 6.10 Å². The average Bonchev–Trinajstić information content (AvgIpc) is 3.43. The van der Waals surface area contributed by atoms with Crippen molar-refractivity contribution in [1.29, 1.82) is 0 Å². The monoisotopic (exact) mass is 1060 g/mol. The van der Waals surface area contributed by atoms with E-state index in [1.807, 2.05) is 0 Å². The molecule has 0 radical (unpaired) electrons. The summed E-state index contributed by atoms with van der Waals surface area (Å²) in [6, 6.07) is 0. The second-order valence-electron chi connectivity index (χ2n) is 19.8. The molecule has 0 aliphatic heterocycles. The van der Waals surface area contributed by atoms with Crippen molar-refractivity contribution in [3.63, 3.8) is 0 Å². The fraction of sp³-hybridized carbons (Fsp3) is 0.592. The van der Waals surface area contributed by atoms with Gasteiger partial charge in [-0.1, -0.05) is 249 Å². The Morgan fingerprint density at radius 1 is 0.260 bits per heavy atom. The lowest BCUT2D eigenvalue weighted by atomic mass is 10.1. The number of rotatable bonds is 54. The van der Waals surface area contributed by atoms with Crippen molar-refractivity contribution in [2.75, 3.05) is 13.2 Å². The highest BCUT2D eigenvalue weighted by Gasteiger charge is 2.19. The van der Waals surface area contributed by atoms with Gasteiger partial charge in [0.05, 0.1) is 0 Å². The molecular formula is C71H112O6. The lowest BCUT2D eigenvalue weighted by Crippen LogP contribution is -2.30. The molecule has 0 fully saturated rings. The van der Waals surface area contributed by atoms with Gasteiger partial charge in [0.25, 0.3) is 0 Å². The number of carbonyl (C=O) groups excluding carboxylic acids is 3. The highest BCUT2D eigenvalue weighted by atomic mass is 16.6. The van der Waals surface area contributed by atoms with Crippen molar-refractivity contribution in [2.24, 2.45) is 0 Å². The van der Waals surface area contributed by atoms with Crippen LogP contribution in [0.1, 0.15) is 252 Å². The molecule has 0 aliphatic rings. The lowest BCUT2D eigenvalue weighted by Gasteiger charge is -2.18. The first-order valence-corrected chi connectivity index (χ1v) is 31.0. The summed E-state index contributed by atoms with van der Waals surface area (Å²) >= 11 is 0. The standard InChI is InChI=1S/C71H112O6/c1-4-7-10-13-16-19-22-25-28-30-32-34-35-37-38-40-43-46-49-52-55-58-61-64-70(73)76-67-68(66-75-69(72)63-60-57-54-51-48-45-42-27-24-21-18-15-12-9-6-3)77-71(74)65-62-59-56-53-50-47-44-41-39-36-33-31-29-26-23-20-17-14-11-8-5-2/h7-12,16-21,25-29,32-34,36-38,42-43,46,68H,4-6,13-15,22-24,30-31,35,39-41,44-45,47-67H2,1-3H3/b10-7-,11-8-,12-9-,19-16-,20-17-,21-18-,28-25-,29-26-,34-32-,36-33-,38-37-,42-27-,46-43-. The smallest absolute Gasteiger partial charge is 0.306 e. The molecule has 0 aromatic rings. The molecule has 0 spiro atoms. The average molecular weight is 1060 g/mol. The van der Waals surface area contributed by atoms with Crippen molar-refractivity contribution in [1.82, 2.24) is 0 Å². The molecular weight excluding hydrogens is 949 g/mol. The van der Waals surface area contributed by atoms with E-state index in [-0.39, 0.29) is 31.1 Å².